The molecule has 4 aliphatic rings. The number of benzene rings is 5. The SMILES string of the molecule is Cc1ccc(-c2c3nc(c(-c4ccc(C)cc4)c4ccc([nH]4)c(-c4ccc(C#Cc5ccc(-c6c7nc(c(-c8ccco8)c8ccc([nH]8)c(-c8ccco8)c8nc(c(-c9ccco9)c9ccc6s9)C=C8)C=C7)cc5)cc4)c4nc(c(-c5ccc(C)cc5)c5ccc2[nH]5)C=C4)C=C3)cc1. The summed E-state index contributed by atoms with van der Waals surface area (Å²) in [6, 6.07) is 71.8. The van der Waals surface area contributed by atoms with Gasteiger partial charge >= 0.3 is 0 Å². The quantitative estimate of drug-likeness (QED) is 0.129. The highest BCUT2D eigenvalue weighted by Gasteiger charge is 2.24. The number of rotatable bonds is 8. The first kappa shape index (κ1) is 57.8. The molecule has 16 bridgehead atoms. The number of hydrogen-bond acceptors (Lipinski definition) is 8. The van der Waals surface area contributed by atoms with Crippen LogP contribution in [0.15, 0.2) is 238 Å². The van der Waals surface area contributed by atoms with Crippen molar-refractivity contribution in [3.8, 4) is 101 Å². The Morgan fingerprint density at radius 2 is 0.520 bits per heavy atom. The lowest BCUT2D eigenvalue weighted by atomic mass is 10.0. The Morgan fingerprint density at radius 3 is 0.837 bits per heavy atom. The van der Waals surface area contributed by atoms with E-state index in [1.807, 2.05) is 42.5 Å². The number of hydrogen-bond donors (Lipinski definition) is 3. The van der Waals surface area contributed by atoms with Gasteiger partial charge in [0.05, 0.1) is 92.1 Å². The Hall–Kier alpha value is -12.9. The second-order valence-corrected chi connectivity index (χ2v) is 25.9. The largest absolute Gasteiger partial charge is 0.464 e. The van der Waals surface area contributed by atoms with E-state index < -0.39 is 0 Å². The summed E-state index contributed by atoms with van der Waals surface area (Å²) in [6.07, 6.45) is 21.9. The topological polar surface area (TPSA) is 138 Å². The van der Waals surface area contributed by atoms with Crippen molar-refractivity contribution in [2.45, 2.75) is 20.8 Å². The molecule has 0 spiro atoms. The van der Waals surface area contributed by atoms with Gasteiger partial charge in [0, 0.05) is 70.4 Å². The average Bonchev–Trinajstić information content (AvgIpc) is 1.62. The minimum absolute atomic E-state index is 0.682. The number of fused-ring (bicyclic) bond motifs is 16. The van der Waals surface area contributed by atoms with Crippen molar-refractivity contribution in [2.24, 2.45) is 0 Å². The Bertz CT molecular complexity index is 6010. The van der Waals surface area contributed by atoms with Crippen LogP contribution in [-0.2, 0) is 0 Å². The molecule has 3 N–H and O–H groups in total. The van der Waals surface area contributed by atoms with Gasteiger partial charge in [-0.05, 0) is 206 Å². The average molecular weight is 1280 g/mol. The predicted molar refractivity (Wildman–Crippen MR) is 402 cm³/mol. The Morgan fingerprint density at radius 1 is 0.265 bits per heavy atom. The first-order valence-electron chi connectivity index (χ1n) is 32.5. The molecule has 9 aromatic heterocycles. The first-order chi connectivity index (χ1) is 48.2. The molecule has 0 unspecified atom stereocenters. The zero-order chi connectivity index (χ0) is 65.4. The van der Waals surface area contributed by atoms with E-state index in [9.17, 15) is 0 Å². The normalized spacial score (nSPS) is 12.2. The van der Waals surface area contributed by atoms with Gasteiger partial charge in [0.2, 0.25) is 0 Å². The van der Waals surface area contributed by atoms with Crippen molar-refractivity contribution in [3.05, 3.63) is 298 Å². The van der Waals surface area contributed by atoms with E-state index in [4.69, 9.17) is 33.2 Å². The number of aryl methyl sites for hydroxylation is 3. The van der Waals surface area contributed by atoms with Crippen LogP contribution in [0.5, 0.6) is 0 Å². The third kappa shape index (κ3) is 10.5. The number of furan rings is 3. The molecule has 4 aliphatic heterocycles. The van der Waals surface area contributed by atoms with Crippen LogP contribution in [0.3, 0.4) is 0 Å². The highest BCUT2D eigenvalue weighted by atomic mass is 32.1. The second-order valence-electron chi connectivity index (χ2n) is 24.8. The molecule has 14 aromatic rings. The van der Waals surface area contributed by atoms with Gasteiger partial charge < -0.3 is 28.2 Å². The molecular weight excluding hydrogens is 1220 g/mol. The maximum atomic E-state index is 6.17. The lowest BCUT2D eigenvalue weighted by Gasteiger charge is -2.07. The molecule has 0 aliphatic carbocycles. The fourth-order valence-corrected chi connectivity index (χ4v) is 14.7. The minimum atomic E-state index is 0.682. The smallest absolute Gasteiger partial charge is 0.138 e. The highest BCUT2D eigenvalue weighted by Crippen LogP contribution is 2.44. The monoisotopic (exact) mass is 1280 g/mol. The van der Waals surface area contributed by atoms with Gasteiger partial charge in [-0.3, -0.25) is 0 Å². The molecule has 5 aromatic carbocycles. The van der Waals surface area contributed by atoms with E-state index in [0.29, 0.717) is 17.3 Å². The van der Waals surface area contributed by atoms with Crippen molar-refractivity contribution in [1.82, 2.24) is 34.9 Å². The van der Waals surface area contributed by atoms with Crippen molar-refractivity contribution in [3.63, 3.8) is 0 Å². The summed E-state index contributed by atoms with van der Waals surface area (Å²) in [5, 5.41) is 0. The van der Waals surface area contributed by atoms with Crippen LogP contribution < -0.4 is 0 Å². The molecule has 0 radical (unpaired) electrons. The van der Waals surface area contributed by atoms with Crippen LogP contribution >= 0.6 is 11.3 Å². The van der Waals surface area contributed by atoms with Crippen LogP contribution in [-0.4, -0.2) is 34.9 Å². The van der Waals surface area contributed by atoms with Gasteiger partial charge in [-0.1, -0.05) is 126 Å². The maximum absolute atomic E-state index is 6.17. The van der Waals surface area contributed by atoms with Crippen molar-refractivity contribution < 1.29 is 13.3 Å². The molecule has 13 heterocycles. The first-order valence-corrected chi connectivity index (χ1v) is 33.3. The molecule has 0 saturated carbocycles. The van der Waals surface area contributed by atoms with Gasteiger partial charge in [0.15, 0.2) is 0 Å². The number of aromatic amines is 3. The van der Waals surface area contributed by atoms with E-state index in [2.05, 4.69) is 260 Å². The standard InChI is InChI=1S/C87H57N7O3S/c1-51-10-22-56(23-11-51)80-61-32-34-63(88-61)81(57-24-12-52(2)13-25-57)65-36-38-67(90-65)83(68-39-37-66(91-68)82(64-35-33-62(80)89-64)58-26-14-53(3)15-27-58)59-28-18-54(19-29-59)16-17-55-20-30-60(31-21-55)84-69-40-41-70(92-69)85(75-7-4-48-95-75)71-42-43-72(93-71)86(76-8-5-49-96-76)73-44-45-74(94-73)87(77-9-6-50-97-77)79-47-46-78(84)98-79/h4-15,18-50,88,91,93H,1-3H3. The van der Waals surface area contributed by atoms with Gasteiger partial charge in [0.1, 0.15) is 17.3 Å². The highest BCUT2D eigenvalue weighted by molar-refractivity contribution is 7.24. The molecule has 18 rings (SSSR count). The fourth-order valence-electron chi connectivity index (χ4n) is 13.6. The molecule has 98 heavy (non-hydrogen) atoms. The lowest BCUT2D eigenvalue weighted by molar-refractivity contribution is 0.582. The van der Waals surface area contributed by atoms with Crippen LogP contribution in [0.1, 0.15) is 73.4 Å². The number of H-pyrrole nitrogens is 3. The lowest BCUT2D eigenvalue weighted by Crippen LogP contribution is -1.90. The van der Waals surface area contributed by atoms with E-state index in [1.54, 1.807) is 30.1 Å². The number of nitrogens with zero attached hydrogens (tertiary/aromatic N) is 4. The van der Waals surface area contributed by atoms with Gasteiger partial charge in [-0.25, -0.2) is 19.9 Å². The van der Waals surface area contributed by atoms with Crippen molar-refractivity contribution in [1.29, 1.82) is 0 Å². The molecule has 464 valence electrons. The zero-order valence-electron chi connectivity index (χ0n) is 53.4. The summed E-state index contributed by atoms with van der Waals surface area (Å²) < 4.78 is 20.4. The molecule has 0 atom stereocenters. The Kier molecular flexibility index (Phi) is 14.1. The Labute approximate surface area is 567 Å². The maximum Gasteiger partial charge on any atom is 0.138 e. The molecule has 0 fully saturated rings. The predicted octanol–water partition coefficient (Wildman–Crippen LogP) is 22.8. The third-order valence-corrected chi connectivity index (χ3v) is 19.5. The minimum Gasteiger partial charge on any atom is -0.464 e. The molecule has 0 amide bonds. The van der Waals surface area contributed by atoms with Gasteiger partial charge in [0.25, 0.3) is 0 Å². The number of aromatic nitrogens is 7. The van der Waals surface area contributed by atoms with Gasteiger partial charge in [-0.2, -0.15) is 0 Å². The second kappa shape index (κ2) is 23.8. The summed E-state index contributed by atoms with van der Waals surface area (Å²) >= 11 is 1.67. The molecule has 10 nitrogen and oxygen atoms in total. The number of thiophene rings is 1. The summed E-state index contributed by atoms with van der Waals surface area (Å²) in [5.74, 6) is 9.08. The van der Waals surface area contributed by atoms with E-state index in [-0.39, 0.29) is 0 Å². The molecule has 11 heteroatoms. The van der Waals surface area contributed by atoms with Gasteiger partial charge in [-0.15, -0.1) is 11.3 Å². The van der Waals surface area contributed by atoms with Crippen molar-refractivity contribution >= 4 is 102 Å². The zero-order valence-corrected chi connectivity index (χ0v) is 54.2. The Balaban J connectivity index is 0.763. The van der Waals surface area contributed by atoms with E-state index in [0.717, 1.165) is 172 Å². The van der Waals surface area contributed by atoms with Crippen LogP contribution in [0.25, 0.3) is 181 Å². The van der Waals surface area contributed by atoms with E-state index >= 15 is 0 Å². The summed E-state index contributed by atoms with van der Waals surface area (Å²) in [5.41, 5.74) is 29.9. The van der Waals surface area contributed by atoms with E-state index in [1.165, 1.54) is 16.7 Å². The van der Waals surface area contributed by atoms with Crippen LogP contribution in [0.4, 0.5) is 0 Å². The molecular formula is C87H57N7O3S. The fraction of sp³-hybridized carbons (Fsp3) is 0.0345. The summed E-state index contributed by atoms with van der Waals surface area (Å²) in [4.78, 5) is 33.4. The number of nitrogens with one attached hydrogen (secondary N) is 3. The van der Waals surface area contributed by atoms with Crippen LogP contribution in [0.2, 0.25) is 0 Å². The third-order valence-electron chi connectivity index (χ3n) is 18.4. The van der Waals surface area contributed by atoms with Crippen molar-refractivity contribution in [2.75, 3.05) is 0 Å². The molecule has 0 saturated heterocycles. The summed E-state index contributed by atoms with van der Waals surface area (Å²) in [7, 11) is 0. The summed E-state index contributed by atoms with van der Waals surface area (Å²) in [6.45, 7) is 6.36. The van der Waals surface area contributed by atoms with Crippen LogP contribution in [0, 0.1) is 32.6 Å².